The van der Waals surface area contributed by atoms with E-state index in [9.17, 15) is 9.18 Å². The molecular formula is C11H8FNO2. The predicted octanol–water partition coefficient (Wildman–Crippen LogP) is 1.38. The fourth-order valence-electron chi connectivity index (χ4n) is 1.60. The van der Waals surface area contributed by atoms with Crippen LogP contribution in [0, 0.1) is 18.3 Å². The Morgan fingerprint density at radius 3 is 2.93 bits per heavy atom. The monoisotopic (exact) mass is 205 g/mol. The molecule has 0 bridgehead atoms. The molecule has 0 N–H and O–H groups in total. The first-order valence-electron chi connectivity index (χ1n) is 4.32. The van der Waals surface area contributed by atoms with Gasteiger partial charge in [-0.1, -0.05) is 12.5 Å². The number of amides is 1. The molecule has 15 heavy (non-hydrogen) atoms. The lowest BCUT2D eigenvalue weighted by Gasteiger charge is -2.04. The number of ether oxygens (including phenoxy) is 1. The Labute approximate surface area is 86.4 Å². The number of fused-ring (bicyclic) bond motifs is 1. The molecule has 76 valence electrons. The number of rotatable bonds is 1. The highest BCUT2D eigenvalue weighted by Gasteiger charge is 2.31. The second-order valence-corrected chi connectivity index (χ2v) is 3.14. The number of carbonyl (C=O) groups excluding carboxylic acids is 1. The van der Waals surface area contributed by atoms with Crippen LogP contribution < -0.4 is 4.74 Å². The fraction of sp³-hybridized carbons (Fsp3) is 0.182. The van der Waals surface area contributed by atoms with Crippen molar-refractivity contribution in [3.05, 3.63) is 29.1 Å². The number of terminal acetylenes is 1. The van der Waals surface area contributed by atoms with E-state index in [2.05, 4.69) is 6.04 Å². The number of methoxy groups -OCH3 is 1. The lowest BCUT2D eigenvalue weighted by molar-refractivity contribution is 0.0850. The number of carbonyl (C=O) groups is 1. The molecule has 1 heterocycles. The molecule has 1 aromatic rings. The molecule has 1 aliphatic rings. The Kier molecular flexibility index (Phi) is 2.09. The third-order valence-electron chi connectivity index (χ3n) is 2.36. The quantitative estimate of drug-likeness (QED) is 0.648. The molecule has 0 spiro atoms. The van der Waals surface area contributed by atoms with Gasteiger partial charge in [-0.15, -0.1) is 0 Å². The summed E-state index contributed by atoms with van der Waals surface area (Å²) in [4.78, 5) is 12.7. The van der Waals surface area contributed by atoms with Gasteiger partial charge in [0.25, 0.3) is 5.91 Å². The van der Waals surface area contributed by atoms with Gasteiger partial charge < -0.3 is 4.74 Å². The highest BCUT2D eigenvalue weighted by atomic mass is 19.1. The molecule has 0 unspecified atom stereocenters. The number of benzene rings is 1. The summed E-state index contributed by atoms with van der Waals surface area (Å²) in [7, 11) is 1.35. The molecule has 0 radical (unpaired) electrons. The maximum atomic E-state index is 13.7. The lowest BCUT2D eigenvalue weighted by Crippen LogP contribution is -2.17. The van der Waals surface area contributed by atoms with Crippen LogP contribution in [0.25, 0.3) is 0 Å². The summed E-state index contributed by atoms with van der Waals surface area (Å²) >= 11 is 0. The summed E-state index contributed by atoms with van der Waals surface area (Å²) < 4.78 is 18.5. The van der Waals surface area contributed by atoms with Crippen LogP contribution in [0.2, 0.25) is 0 Å². The standard InChI is InChI=1S/C11H8FNO2/c1-3-13-6-7-4-5-8(15-2)10(12)9(7)11(13)14/h1,4-5H,6H2,2H3. The van der Waals surface area contributed by atoms with Gasteiger partial charge in [0.15, 0.2) is 11.6 Å². The van der Waals surface area contributed by atoms with Gasteiger partial charge in [-0.05, 0) is 11.6 Å². The molecule has 2 rings (SSSR count). The SMILES string of the molecule is C#CN1Cc2ccc(OC)c(F)c2C1=O. The largest absolute Gasteiger partial charge is 0.494 e. The van der Waals surface area contributed by atoms with E-state index in [4.69, 9.17) is 11.2 Å². The van der Waals surface area contributed by atoms with Gasteiger partial charge in [0.2, 0.25) is 0 Å². The molecule has 0 saturated carbocycles. The van der Waals surface area contributed by atoms with Crippen LogP contribution in [-0.4, -0.2) is 17.9 Å². The Hall–Kier alpha value is -2.02. The second-order valence-electron chi connectivity index (χ2n) is 3.14. The first-order chi connectivity index (χ1) is 7.19. The molecule has 0 atom stereocenters. The zero-order chi connectivity index (χ0) is 11.0. The van der Waals surface area contributed by atoms with Crippen LogP contribution in [0.5, 0.6) is 5.75 Å². The minimum absolute atomic E-state index is 0.0206. The normalized spacial score (nSPS) is 13.7. The van der Waals surface area contributed by atoms with Gasteiger partial charge in [0, 0.05) is 6.04 Å². The van der Waals surface area contributed by atoms with Crippen molar-refractivity contribution in [2.45, 2.75) is 6.54 Å². The van der Waals surface area contributed by atoms with Crippen LogP contribution in [-0.2, 0) is 6.54 Å². The van der Waals surface area contributed by atoms with Crippen molar-refractivity contribution in [3.63, 3.8) is 0 Å². The number of nitrogens with zero attached hydrogens (tertiary/aromatic N) is 1. The van der Waals surface area contributed by atoms with Crippen molar-refractivity contribution < 1.29 is 13.9 Å². The molecule has 4 heteroatoms. The first-order valence-corrected chi connectivity index (χ1v) is 4.32. The summed E-state index contributed by atoms with van der Waals surface area (Å²) in [6, 6.07) is 5.33. The van der Waals surface area contributed by atoms with Gasteiger partial charge in [-0.25, -0.2) is 4.39 Å². The van der Waals surface area contributed by atoms with E-state index in [1.165, 1.54) is 13.2 Å². The summed E-state index contributed by atoms with van der Waals surface area (Å²) in [5, 5.41) is 0. The minimum atomic E-state index is -0.641. The summed E-state index contributed by atoms with van der Waals surface area (Å²) in [5.74, 6) is -1.07. The number of halogens is 1. The Balaban J connectivity index is 2.58. The minimum Gasteiger partial charge on any atom is -0.494 e. The van der Waals surface area contributed by atoms with Crippen LogP contribution in [0.1, 0.15) is 15.9 Å². The van der Waals surface area contributed by atoms with Gasteiger partial charge in [-0.3, -0.25) is 9.69 Å². The topological polar surface area (TPSA) is 29.5 Å². The maximum Gasteiger partial charge on any atom is 0.269 e. The average Bonchev–Trinajstić information content (AvgIpc) is 2.57. The van der Waals surface area contributed by atoms with E-state index in [-0.39, 0.29) is 17.9 Å². The smallest absolute Gasteiger partial charge is 0.269 e. The average molecular weight is 205 g/mol. The van der Waals surface area contributed by atoms with E-state index in [1.807, 2.05) is 0 Å². The van der Waals surface area contributed by atoms with Crippen molar-refractivity contribution in [1.82, 2.24) is 4.90 Å². The first kappa shape index (κ1) is 9.53. The number of hydrogen-bond donors (Lipinski definition) is 0. The van der Waals surface area contributed by atoms with Gasteiger partial charge >= 0.3 is 0 Å². The van der Waals surface area contributed by atoms with E-state index in [0.717, 1.165) is 4.90 Å². The molecule has 1 aromatic carbocycles. The van der Waals surface area contributed by atoms with Crippen molar-refractivity contribution in [3.8, 4) is 18.2 Å². The highest BCUT2D eigenvalue weighted by molar-refractivity contribution is 6.00. The van der Waals surface area contributed by atoms with E-state index in [0.29, 0.717) is 5.56 Å². The van der Waals surface area contributed by atoms with Gasteiger partial charge in [-0.2, -0.15) is 0 Å². The molecular weight excluding hydrogens is 197 g/mol. The third-order valence-corrected chi connectivity index (χ3v) is 2.36. The van der Waals surface area contributed by atoms with Crippen molar-refractivity contribution >= 4 is 5.91 Å². The maximum absolute atomic E-state index is 13.7. The van der Waals surface area contributed by atoms with Crippen molar-refractivity contribution in [2.75, 3.05) is 7.11 Å². The summed E-state index contributed by atoms with van der Waals surface area (Å²) in [6.45, 7) is 0.256. The fourth-order valence-corrected chi connectivity index (χ4v) is 1.60. The molecule has 3 nitrogen and oxygen atoms in total. The molecule has 1 aliphatic heterocycles. The molecule has 0 aromatic heterocycles. The molecule has 0 fully saturated rings. The molecule has 0 saturated heterocycles. The Morgan fingerprint density at radius 2 is 2.33 bits per heavy atom. The zero-order valence-corrected chi connectivity index (χ0v) is 8.08. The lowest BCUT2D eigenvalue weighted by atomic mass is 10.1. The summed E-state index contributed by atoms with van der Waals surface area (Å²) in [5.41, 5.74) is 0.614. The van der Waals surface area contributed by atoms with Crippen molar-refractivity contribution in [2.24, 2.45) is 0 Å². The van der Waals surface area contributed by atoms with Gasteiger partial charge in [0.1, 0.15) is 0 Å². The zero-order valence-electron chi connectivity index (χ0n) is 8.08. The Morgan fingerprint density at radius 1 is 1.60 bits per heavy atom. The van der Waals surface area contributed by atoms with E-state index in [1.54, 1.807) is 6.07 Å². The van der Waals surface area contributed by atoms with E-state index < -0.39 is 11.7 Å². The highest BCUT2D eigenvalue weighted by Crippen LogP contribution is 2.30. The molecule has 1 amide bonds. The number of hydrogen-bond acceptors (Lipinski definition) is 2. The van der Waals surface area contributed by atoms with Crippen LogP contribution in [0.4, 0.5) is 4.39 Å². The molecule has 0 aliphatic carbocycles. The van der Waals surface area contributed by atoms with E-state index >= 15 is 0 Å². The third kappa shape index (κ3) is 1.24. The summed E-state index contributed by atoms with van der Waals surface area (Å²) in [6.07, 6.45) is 5.13. The Bertz CT molecular complexity index is 476. The van der Waals surface area contributed by atoms with Crippen LogP contribution in [0.3, 0.4) is 0 Å². The second kappa shape index (κ2) is 3.28. The van der Waals surface area contributed by atoms with Crippen LogP contribution in [0.15, 0.2) is 12.1 Å². The van der Waals surface area contributed by atoms with Crippen molar-refractivity contribution in [1.29, 1.82) is 0 Å². The van der Waals surface area contributed by atoms with Crippen LogP contribution >= 0.6 is 0 Å². The predicted molar refractivity (Wildman–Crippen MR) is 51.7 cm³/mol. The van der Waals surface area contributed by atoms with Gasteiger partial charge in [0.05, 0.1) is 19.2 Å².